The van der Waals surface area contributed by atoms with Crippen molar-refractivity contribution < 1.29 is 28.2 Å². The van der Waals surface area contributed by atoms with Crippen LogP contribution in [0.3, 0.4) is 0 Å². The van der Waals surface area contributed by atoms with Gasteiger partial charge in [-0.05, 0) is 30.2 Å². The lowest BCUT2D eigenvalue weighted by atomic mass is 9.94. The van der Waals surface area contributed by atoms with Crippen molar-refractivity contribution in [2.45, 2.75) is 19.6 Å². The highest BCUT2D eigenvalue weighted by molar-refractivity contribution is 6.30. The quantitative estimate of drug-likeness (QED) is 0.510. The van der Waals surface area contributed by atoms with Gasteiger partial charge >= 0.3 is 12.0 Å². The number of aliphatic hydroxyl groups is 1. The third-order valence-electron chi connectivity index (χ3n) is 3.77. The molecule has 7 heteroatoms. The molecule has 0 unspecified atom stereocenters. The summed E-state index contributed by atoms with van der Waals surface area (Å²) in [6.07, 6.45) is -3.79. The first-order valence-corrected chi connectivity index (χ1v) is 8.63. The minimum absolute atomic E-state index is 0.0253. The van der Waals surface area contributed by atoms with Crippen LogP contribution in [0.25, 0.3) is 0 Å². The maximum absolute atomic E-state index is 13.6. The third kappa shape index (κ3) is 5.77. The second-order valence-electron chi connectivity index (χ2n) is 5.63. The van der Waals surface area contributed by atoms with Gasteiger partial charge in [0.25, 0.3) is 0 Å². The molecule has 2 atom stereocenters. The second kappa shape index (κ2) is 10.0. The molecule has 0 aliphatic rings. The van der Waals surface area contributed by atoms with Crippen molar-refractivity contribution in [3.05, 3.63) is 82.6 Å². The smallest absolute Gasteiger partial charge is 0.319 e. The van der Waals surface area contributed by atoms with E-state index in [0.717, 1.165) is 0 Å². The van der Waals surface area contributed by atoms with Crippen LogP contribution in [0.15, 0.2) is 66.4 Å². The van der Waals surface area contributed by atoms with E-state index >= 15 is 0 Å². The van der Waals surface area contributed by atoms with E-state index in [0.29, 0.717) is 10.6 Å². The van der Waals surface area contributed by atoms with Gasteiger partial charge in [-0.2, -0.15) is 8.78 Å². The van der Waals surface area contributed by atoms with Crippen LogP contribution in [-0.2, 0) is 20.9 Å². The second-order valence-corrected chi connectivity index (χ2v) is 6.06. The summed E-state index contributed by atoms with van der Waals surface area (Å²) in [5.74, 6) is -3.63. The van der Waals surface area contributed by atoms with Crippen LogP contribution in [0.5, 0.6) is 0 Å². The van der Waals surface area contributed by atoms with E-state index in [-0.39, 0.29) is 18.8 Å². The third-order valence-corrected chi connectivity index (χ3v) is 4.03. The molecule has 0 amide bonds. The average Bonchev–Trinajstić information content (AvgIpc) is 2.66. The predicted octanol–water partition coefficient (Wildman–Crippen LogP) is 4.88. The fourth-order valence-corrected chi connectivity index (χ4v) is 2.59. The monoisotopic (exact) mass is 396 g/mol. The number of benzene rings is 2. The first-order valence-electron chi connectivity index (χ1n) is 8.26. The van der Waals surface area contributed by atoms with Crippen LogP contribution in [-0.4, -0.2) is 17.7 Å². The van der Waals surface area contributed by atoms with Crippen LogP contribution in [0.2, 0.25) is 5.02 Å². The molecule has 0 bridgehead atoms. The van der Waals surface area contributed by atoms with Crippen LogP contribution < -0.4 is 0 Å². The molecule has 0 fully saturated rings. The standard InChI is InChI=1S/C20H19ClF2O4/c1-2-26-20(25)16(17(24)14-8-10-15(21)11-9-14)18(19(22)23)27-12-13-6-4-3-5-7-13/h3-11,16-17,24H,2,12H2,1H3/t16-,17+/m0/s1. The van der Waals surface area contributed by atoms with E-state index in [4.69, 9.17) is 21.1 Å². The SMILES string of the molecule is CCOC(=O)[C@H](C(OCc1ccccc1)=C(F)F)[C@H](O)c1ccc(Cl)cc1. The Hall–Kier alpha value is -2.44. The van der Waals surface area contributed by atoms with Gasteiger partial charge in [0.2, 0.25) is 0 Å². The zero-order valence-electron chi connectivity index (χ0n) is 14.6. The van der Waals surface area contributed by atoms with Gasteiger partial charge in [0.1, 0.15) is 12.5 Å². The van der Waals surface area contributed by atoms with Gasteiger partial charge in [-0.3, -0.25) is 4.79 Å². The van der Waals surface area contributed by atoms with Crippen molar-refractivity contribution >= 4 is 17.6 Å². The van der Waals surface area contributed by atoms with Crippen molar-refractivity contribution in [1.29, 1.82) is 0 Å². The van der Waals surface area contributed by atoms with Crippen LogP contribution in [0.4, 0.5) is 8.78 Å². The molecule has 0 heterocycles. The molecule has 0 radical (unpaired) electrons. The molecule has 0 aromatic heterocycles. The van der Waals surface area contributed by atoms with Crippen LogP contribution in [0, 0.1) is 5.92 Å². The molecule has 4 nitrogen and oxygen atoms in total. The van der Waals surface area contributed by atoms with E-state index in [1.54, 1.807) is 37.3 Å². The molecule has 144 valence electrons. The highest BCUT2D eigenvalue weighted by Crippen LogP contribution is 2.33. The topological polar surface area (TPSA) is 55.8 Å². The Bertz CT molecular complexity index is 774. The van der Waals surface area contributed by atoms with Crippen molar-refractivity contribution in [1.82, 2.24) is 0 Å². The first kappa shape index (κ1) is 20.9. The average molecular weight is 397 g/mol. The van der Waals surface area contributed by atoms with Gasteiger partial charge in [-0.1, -0.05) is 54.1 Å². The molecule has 2 aromatic carbocycles. The summed E-state index contributed by atoms with van der Waals surface area (Å²) in [7, 11) is 0. The number of aliphatic hydroxyl groups excluding tert-OH is 1. The molecule has 2 aromatic rings. The molecular weight excluding hydrogens is 378 g/mol. The number of carbonyl (C=O) groups excluding carboxylic acids is 1. The summed E-state index contributed by atoms with van der Waals surface area (Å²) in [5.41, 5.74) is 0.874. The summed E-state index contributed by atoms with van der Waals surface area (Å²) in [6, 6.07) is 14.5. The number of carbonyl (C=O) groups is 1. The number of ether oxygens (including phenoxy) is 2. The lowest BCUT2D eigenvalue weighted by molar-refractivity contribution is -0.152. The molecular formula is C20H19ClF2O4. The van der Waals surface area contributed by atoms with Gasteiger partial charge in [-0.25, -0.2) is 0 Å². The van der Waals surface area contributed by atoms with Crippen molar-refractivity contribution in [3.63, 3.8) is 0 Å². The molecule has 0 saturated heterocycles. The normalized spacial score (nSPS) is 12.8. The van der Waals surface area contributed by atoms with Gasteiger partial charge < -0.3 is 14.6 Å². The Morgan fingerprint density at radius 3 is 2.26 bits per heavy atom. The van der Waals surface area contributed by atoms with E-state index in [2.05, 4.69) is 0 Å². The minimum Gasteiger partial charge on any atom is -0.487 e. The number of esters is 1. The first-order chi connectivity index (χ1) is 12.9. The summed E-state index contributed by atoms with van der Waals surface area (Å²) in [6.45, 7) is 1.34. The highest BCUT2D eigenvalue weighted by Gasteiger charge is 2.37. The predicted molar refractivity (Wildman–Crippen MR) is 97.0 cm³/mol. The van der Waals surface area contributed by atoms with Crippen molar-refractivity contribution in [2.24, 2.45) is 5.92 Å². The van der Waals surface area contributed by atoms with Gasteiger partial charge in [0, 0.05) is 5.02 Å². The van der Waals surface area contributed by atoms with Gasteiger partial charge in [0.05, 0.1) is 12.7 Å². The van der Waals surface area contributed by atoms with E-state index < -0.39 is 29.8 Å². The van der Waals surface area contributed by atoms with E-state index in [1.807, 2.05) is 0 Å². The van der Waals surface area contributed by atoms with Gasteiger partial charge in [-0.15, -0.1) is 0 Å². The van der Waals surface area contributed by atoms with Crippen molar-refractivity contribution in [2.75, 3.05) is 6.61 Å². The Kier molecular flexibility index (Phi) is 7.76. The largest absolute Gasteiger partial charge is 0.487 e. The summed E-state index contributed by atoms with van der Waals surface area (Å²) in [4.78, 5) is 12.3. The van der Waals surface area contributed by atoms with E-state index in [1.165, 1.54) is 24.3 Å². The number of hydrogen-bond donors (Lipinski definition) is 1. The zero-order chi connectivity index (χ0) is 19.8. The van der Waals surface area contributed by atoms with Crippen LogP contribution in [0.1, 0.15) is 24.2 Å². The van der Waals surface area contributed by atoms with Crippen molar-refractivity contribution in [3.8, 4) is 0 Å². The Morgan fingerprint density at radius 2 is 1.70 bits per heavy atom. The maximum Gasteiger partial charge on any atom is 0.319 e. The lowest BCUT2D eigenvalue weighted by Crippen LogP contribution is -2.28. The van der Waals surface area contributed by atoms with E-state index in [9.17, 15) is 18.7 Å². The molecule has 0 aliphatic carbocycles. The fourth-order valence-electron chi connectivity index (χ4n) is 2.46. The minimum atomic E-state index is -2.20. The number of hydrogen-bond acceptors (Lipinski definition) is 4. The molecule has 0 spiro atoms. The summed E-state index contributed by atoms with van der Waals surface area (Å²) >= 11 is 5.81. The molecule has 27 heavy (non-hydrogen) atoms. The summed E-state index contributed by atoms with van der Waals surface area (Å²) in [5, 5.41) is 11.0. The molecule has 0 saturated carbocycles. The van der Waals surface area contributed by atoms with Crippen LogP contribution >= 0.6 is 11.6 Å². The fraction of sp³-hybridized carbons (Fsp3) is 0.250. The Labute approximate surface area is 161 Å². The Balaban J connectivity index is 2.32. The maximum atomic E-state index is 13.6. The number of halogens is 3. The lowest BCUT2D eigenvalue weighted by Gasteiger charge is -2.24. The molecule has 2 rings (SSSR count). The number of rotatable bonds is 8. The summed E-state index contributed by atoms with van der Waals surface area (Å²) < 4.78 is 37.3. The Morgan fingerprint density at radius 1 is 1.07 bits per heavy atom. The highest BCUT2D eigenvalue weighted by atomic mass is 35.5. The zero-order valence-corrected chi connectivity index (χ0v) is 15.3. The molecule has 1 N–H and O–H groups in total. The van der Waals surface area contributed by atoms with Gasteiger partial charge in [0.15, 0.2) is 5.76 Å². The molecule has 0 aliphatic heterocycles.